The average Bonchev–Trinajstić information content (AvgIpc) is 2.38. The van der Waals surface area contributed by atoms with Gasteiger partial charge in [0.2, 0.25) is 0 Å². The van der Waals surface area contributed by atoms with Crippen molar-refractivity contribution in [1.82, 2.24) is 0 Å². The fourth-order valence-electron chi connectivity index (χ4n) is 1.89. The molecule has 0 aromatic heterocycles. The zero-order valence-corrected chi connectivity index (χ0v) is 11.9. The first-order valence-electron chi connectivity index (χ1n) is 5.86. The van der Waals surface area contributed by atoms with Gasteiger partial charge in [0.25, 0.3) is 0 Å². The first-order valence-corrected chi connectivity index (χ1v) is 6.66. The lowest BCUT2D eigenvalue weighted by Gasteiger charge is -2.14. The van der Waals surface area contributed by atoms with E-state index in [9.17, 15) is 0 Å². The highest BCUT2D eigenvalue weighted by atomic mass is 79.9. The van der Waals surface area contributed by atoms with Crippen LogP contribution >= 0.6 is 15.9 Å². The molecule has 0 unspecified atom stereocenters. The Morgan fingerprint density at radius 1 is 1.17 bits per heavy atom. The van der Waals surface area contributed by atoms with E-state index >= 15 is 0 Å². The maximum absolute atomic E-state index is 5.90. The Hall–Kier alpha value is -1.32. The number of halogens is 1. The topological polar surface area (TPSA) is 35.2 Å². The van der Waals surface area contributed by atoms with Gasteiger partial charge in [-0.15, -0.1) is 0 Å². The number of nitrogens with two attached hydrogens (primary N) is 1. The number of hydrogen-bond acceptors (Lipinski definition) is 2. The number of ether oxygens (including phenoxy) is 1. The molecule has 0 atom stereocenters. The van der Waals surface area contributed by atoms with Crippen molar-refractivity contribution >= 4 is 15.9 Å². The van der Waals surface area contributed by atoms with Crippen LogP contribution in [0.5, 0.6) is 5.75 Å². The summed E-state index contributed by atoms with van der Waals surface area (Å²) in [6.07, 6.45) is 0. The van der Waals surface area contributed by atoms with Gasteiger partial charge in [-0.2, -0.15) is 0 Å². The Morgan fingerprint density at radius 2 is 1.89 bits per heavy atom. The molecule has 2 N–H and O–H groups in total. The zero-order chi connectivity index (χ0) is 13.0. The van der Waals surface area contributed by atoms with Crippen LogP contribution in [0.25, 0.3) is 0 Å². The minimum Gasteiger partial charge on any atom is -0.488 e. The van der Waals surface area contributed by atoms with Gasteiger partial charge in [0.1, 0.15) is 12.4 Å². The molecule has 0 aliphatic rings. The molecule has 0 radical (unpaired) electrons. The molecule has 0 aliphatic carbocycles. The second kappa shape index (κ2) is 6.03. The summed E-state index contributed by atoms with van der Waals surface area (Å²) in [7, 11) is 0. The molecule has 2 rings (SSSR count). The highest BCUT2D eigenvalue weighted by Gasteiger charge is 2.08. The molecule has 18 heavy (non-hydrogen) atoms. The van der Waals surface area contributed by atoms with Crippen molar-refractivity contribution in [2.45, 2.75) is 20.1 Å². The molecule has 3 heteroatoms. The van der Waals surface area contributed by atoms with E-state index in [4.69, 9.17) is 10.5 Å². The first-order chi connectivity index (χ1) is 8.70. The SMILES string of the molecule is Cc1cc(Br)cc(CN)c1OCc1ccccc1. The summed E-state index contributed by atoms with van der Waals surface area (Å²) in [5.41, 5.74) is 9.04. The van der Waals surface area contributed by atoms with Gasteiger partial charge >= 0.3 is 0 Å². The maximum Gasteiger partial charge on any atom is 0.127 e. The van der Waals surface area contributed by atoms with E-state index < -0.39 is 0 Å². The Bertz CT molecular complexity index is 526. The highest BCUT2D eigenvalue weighted by molar-refractivity contribution is 9.10. The maximum atomic E-state index is 5.90. The molecule has 0 fully saturated rings. The molecule has 2 nitrogen and oxygen atoms in total. The van der Waals surface area contributed by atoms with Gasteiger partial charge < -0.3 is 10.5 Å². The van der Waals surface area contributed by atoms with Gasteiger partial charge in [0, 0.05) is 16.6 Å². The summed E-state index contributed by atoms with van der Waals surface area (Å²) >= 11 is 3.47. The lowest BCUT2D eigenvalue weighted by molar-refractivity contribution is 0.301. The van der Waals surface area contributed by atoms with Gasteiger partial charge in [-0.1, -0.05) is 46.3 Å². The van der Waals surface area contributed by atoms with E-state index in [0.717, 1.165) is 26.9 Å². The van der Waals surface area contributed by atoms with Crippen molar-refractivity contribution < 1.29 is 4.74 Å². The molecule has 0 heterocycles. The smallest absolute Gasteiger partial charge is 0.127 e. The predicted molar refractivity (Wildman–Crippen MR) is 77.5 cm³/mol. The Balaban J connectivity index is 2.19. The lowest BCUT2D eigenvalue weighted by atomic mass is 10.1. The van der Waals surface area contributed by atoms with E-state index in [2.05, 4.69) is 28.1 Å². The van der Waals surface area contributed by atoms with Crippen LogP contribution in [0.15, 0.2) is 46.9 Å². The van der Waals surface area contributed by atoms with Crippen LogP contribution in [0.2, 0.25) is 0 Å². The van der Waals surface area contributed by atoms with E-state index in [1.165, 1.54) is 0 Å². The summed E-state index contributed by atoms with van der Waals surface area (Å²) in [5, 5.41) is 0. The summed E-state index contributed by atoms with van der Waals surface area (Å²) in [6, 6.07) is 14.2. The molecule has 0 spiro atoms. The molecule has 0 bridgehead atoms. The van der Waals surface area contributed by atoms with Gasteiger partial charge in [0.15, 0.2) is 0 Å². The normalized spacial score (nSPS) is 10.4. The molecule has 2 aromatic carbocycles. The van der Waals surface area contributed by atoms with Crippen molar-refractivity contribution in [2.75, 3.05) is 0 Å². The number of benzene rings is 2. The van der Waals surface area contributed by atoms with Crippen LogP contribution in [0.3, 0.4) is 0 Å². The first kappa shape index (κ1) is 13.1. The van der Waals surface area contributed by atoms with Crippen LogP contribution in [0.1, 0.15) is 16.7 Å². The van der Waals surface area contributed by atoms with Gasteiger partial charge in [0.05, 0.1) is 0 Å². The minimum absolute atomic E-state index is 0.477. The molecule has 0 amide bonds. The monoisotopic (exact) mass is 305 g/mol. The van der Waals surface area contributed by atoms with E-state index in [-0.39, 0.29) is 0 Å². The Kier molecular flexibility index (Phi) is 4.39. The second-order valence-corrected chi connectivity index (χ2v) is 5.11. The molecule has 0 saturated carbocycles. The number of hydrogen-bond donors (Lipinski definition) is 1. The summed E-state index contributed by atoms with van der Waals surface area (Å²) < 4.78 is 6.93. The molecule has 2 aromatic rings. The third-order valence-corrected chi connectivity index (χ3v) is 3.22. The second-order valence-electron chi connectivity index (χ2n) is 4.19. The molecule has 0 saturated heterocycles. The highest BCUT2D eigenvalue weighted by Crippen LogP contribution is 2.28. The average molecular weight is 306 g/mol. The summed E-state index contributed by atoms with van der Waals surface area (Å²) in [4.78, 5) is 0. The Morgan fingerprint density at radius 3 is 2.56 bits per heavy atom. The zero-order valence-electron chi connectivity index (χ0n) is 10.3. The van der Waals surface area contributed by atoms with Crippen LogP contribution < -0.4 is 10.5 Å². The largest absolute Gasteiger partial charge is 0.488 e. The number of aryl methyl sites for hydroxylation is 1. The van der Waals surface area contributed by atoms with Crippen LogP contribution in [-0.4, -0.2) is 0 Å². The van der Waals surface area contributed by atoms with Crippen molar-refractivity contribution in [2.24, 2.45) is 5.73 Å². The van der Waals surface area contributed by atoms with E-state index in [1.807, 2.05) is 37.3 Å². The van der Waals surface area contributed by atoms with Crippen molar-refractivity contribution in [1.29, 1.82) is 0 Å². The van der Waals surface area contributed by atoms with Crippen molar-refractivity contribution in [3.05, 3.63) is 63.6 Å². The molecule has 0 aliphatic heterocycles. The van der Waals surface area contributed by atoms with Crippen molar-refractivity contribution in [3.8, 4) is 5.75 Å². The van der Waals surface area contributed by atoms with Crippen molar-refractivity contribution in [3.63, 3.8) is 0 Å². The molecular formula is C15H16BrNO. The quantitative estimate of drug-likeness (QED) is 0.932. The fourth-order valence-corrected chi connectivity index (χ4v) is 2.51. The third kappa shape index (κ3) is 3.12. The molecule has 94 valence electrons. The predicted octanol–water partition coefficient (Wildman–Crippen LogP) is 3.80. The number of rotatable bonds is 4. The van der Waals surface area contributed by atoms with Crippen LogP contribution in [-0.2, 0) is 13.2 Å². The van der Waals surface area contributed by atoms with Gasteiger partial charge in [-0.25, -0.2) is 0 Å². The standard InChI is InChI=1S/C15H16BrNO/c1-11-7-14(16)8-13(9-17)15(11)18-10-12-5-3-2-4-6-12/h2-8H,9-10,17H2,1H3. The fraction of sp³-hybridized carbons (Fsp3) is 0.200. The van der Waals surface area contributed by atoms with Gasteiger partial charge in [-0.05, 0) is 30.2 Å². The van der Waals surface area contributed by atoms with Crippen LogP contribution in [0.4, 0.5) is 0 Å². The van der Waals surface area contributed by atoms with E-state index in [1.54, 1.807) is 0 Å². The van der Waals surface area contributed by atoms with E-state index in [0.29, 0.717) is 13.2 Å². The summed E-state index contributed by atoms with van der Waals surface area (Å²) in [5.74, 6) is 0.893. The lowest BCUT2D eigenvalue weighted by Crippen LogP contribution is -2.04. The van der Waals surface area contributed by atoms with Gasteiger partial charge in [-0.3, -0.25) is 0 Å². The third-order valence-electron chi connectivity index (χ3n) is 2.76. The van der Waals surface area contributed by atoms with Crippen LogP contribution in [0, 0.1) is 6.92 Å². The minimum atomic E-state index is 0.477. The molecular weight excluding hydrogens is 290 g/mol. The Labute approximate surface area is 116 Å². The summed E-state index contributed by atoms with van der Waals surface area (Å²) in [6.45, 7) is 3.07.